The highest BCUT2D eigenvalue weighted by atomic mass is 32.1. The Hall–Kier alpha value is -1.99. The summed E-state index contributed by atoms with van der Waals surface area (Å²) in [6.07, 6.45) is 0.284. The molecular formula is C14H18N4O2S. The monoisotopic (exact) mass is 306 g/mol. The average Bonchev–Trinajstić information content (AvgIpc) is 2.84. The number of hydrogen-bond acceptors (Lipinski definition) is 4. The molecule has 1 aromatic heterocycles. The van der Waals surface area contributed by atoms with Crippen molar-refractivity contribution in [2.45, 2.75) is 19.9 Å². The number of carbonyl (C=O) groups is 1. The average molecular weight is 306 g/mol. The van der Waals surface area contributed by atoms with Crippen LogP contribution >= 0.6 is 12.2 Å². The minimum absolute atomic E-state index is 0.0641. The fourth-order valence-electron chi connectivity index (χ4n) is 2.03. The Morgan fingerprint density at radius 3 is 3.05 bits per heavy atom. The van der Waals surface area contributed by atoms with Gasteiger partial charge in [-0.25, -0.2) is 0 Å². The summed E-state index contributed by atoms with van der Waals surface area (Å²) in [6.45, 7) is 2.65. The summed E-state index contributed by atoms with van der Waals surface area (Å²) in [4.78, 5) is 11.6. The van der Waals surface area contributed by atoms with E-state index in [4.69, 9.17) is 17.3 Å². The third kappa shape index (κ3) is 3.99. The SMILES string of the molecule is Cc1cccc(-c2n[nH]c(=S)n2CCC(=O)NCCO)c1. The van der Waals surface area contributed by atoms with Crippen LogP contribution in [0.5, 0.6) is 0 Å². The Morgan fingerprint density at radius 2 is 2.33 bits per heavy atom. The molecule has 21 heavy (non-hydrogen) atoms. The number of H-pyrrole nitrogens is 1. The largest absolute Gasteiger partial charge is 0.395 e. The molecule has 0 bridgehead atoms. The molecule has 0 atom stereocenters. The van der Waals surface area contributed by atoms with E-state index >= 15 is 0 Å². The van der Waals surface area contributed by atoms with Crippen molar-refractivity contribution >= 4 is 18.1 Å². The van der Waals surface area contributed by atoms with Gasteiger partial charge in [0.15, 0.2) is 10.6 Å². The van der Waals surface area contributed by atoms with Gasteiger partial charge in [-0.1, -0.05) is 23.8 Å². The predicted octanol–water partition coefficient (Wildman–Crippen LogP) is 1.41. The maximum Gasteiger partial charge on any atom is 0.221 e. The molecule has 7 heteroatoms. The third-order valence-corrected chi connectivity index (χ3v) is 3.34. The van der Waals surface area contributed by atoms with E-state index in [2.05, 4.69) is 15.5 Å². The van der Waals surface area contributed by atoms with Gasteiger partial charge in [0, 0.05) is 25.1 Å². The van der Waals surface area contributed by atoms with Gasteiger partial charge < -0.3 is 10.4 Å². The van der Waals surface area contributed by atoms with Crippen molar-refractivity contribution in [3.8, 4) is 11.4 Å². The molecule has 1 heterocycles. The molecular weight excluding hydrogens is 288 g/mol. The van der Waals surface area contributed by atoms with Crippen LogP contribution in [-0.4, -0.2) is 38.9 Å². The lowest BCUT2D eigenvalue weighted by atomic mass is 10.1. The van der Waals surface area contributed by atoms with Crippen LogP contribution in [0.15, 0.2) is 24.3 Å². The first kappa shape index (κ1) is 15.4. The molecule has 0 unspecified atom stereocenters. The van der Waals surface area contributed by atoms with Crippen molar-refractivity contribution in [1.82, 2.24) is 20.1 Å². The fraction of sp³-hybridized carbons (Fsp3) is 0.357. The number of benzene rings is 1. The number of aliphatic hydroxyl groups excluding tert-OH is 1. The molecule has 0 aliphatic carbocycles. The molecule has 112 valence electrons. The fourth-order valence-corrected chi connectivity index (χ4v) is 2.25. The molecule has 0 fully saturated rings. The first-order chi connectivity index (χ1) is 10.1. The van der Waals surface area contributed by atoms with E-state index in [-0.39, 0.29) is 25.5 Å². The highest BCUT2D eigenvalue weighted by Crippen LogP contribution is 2.18. The maximum absolute atomic E-state index is 11.6. The van der Waals surface area contributed by atoms with Crippen LogP contribution in [0.4, 0.5) is 0 Å². The number of rotatable bonds is 6. The molecule has 0 radical (unpaired) electrons. The second-order valence-electron chi connectivity index (χ2n) is 4.70. The van der Waals surface area contributed by atoms with Crippen LogP contribution in [0.25, 0.3) is 11.4 Å². The van der Waals surface area contributed by atoms with Gasteiger partial charge in [-0.2, -0.15) is 5.10 Å². The van der Waals surface area contributed by atoms with Gasteiger partial charge in [0.05, 0.1) is 6.61 Å². The van der Waals surface area contributed by atoms with E-state index in [0.717, 1.165) is 17.0 Å². The summed E-state index contributed by atoms with van der Waals surface area (Å²) in [5, 5.41) is 18.3. The lowest BCUT2D eigenvalue weighted by Crippen LogP contribution is -2.27. The van der Waals surface area contributed by atoms with Gasteiger partial charge in [-0.3, -0.25) is 14.5 Å². The van der Waals surface area contributed by atoms with E-state index in [0.29, 0.717) is 11.3 Å². The summed E-state index contributed by atoms with van der Waals surface area (Å²) in [6, 6.07) is 7.95. The molecule has 6 nitrogen and oxygen atoms in total. The third-order valence-electron chi connectivity index (χ3n) is 3.03. The van der Waals surface area contributed by atoms with E-state index in [1.165, 1.54) is 0 Å². The molecule has 2 aromatic rings. The molecule has 1 aromatic carbocycles. The van der Waals surface area contributed by atoms with Gasteiger partial charge in [0.25, 0.3) is 0 Å². The van der Waals surface area contributed by atoms with Crippen LogP contribution in [-0.2, 0) is 11.3 Å². The zero-order valence-corrected chi connectivity index (χ0v) is 12.6. The number of nitrogens with zero attached hydrogens (tertiary/aromatic N) is 2. The molecule has 1 amide bonds. The smallest absolute Gasteiger partial charge is 0.221 e. The molecule has 3 N–H and O–H groups in total. The van der Waals surface area contributed by atoms with Crippen molar-refractivity contribution in [2.24, 2.45) is 0 Å². The van der Waals surface area contributed by atoms with Gasteiger partial charge in [-0.05, 0) is 25.2 Å². The van der Waals surface area contributed by atoms with Crippen LogP contribution in [0.2, 0.25) is 0 Å². The molecule has 0 aliphatic heterocycles. The van der Waals surface area contributed by atoms with E-state index in [1.807, 2.05) is 35.8 Å². The van der Waals surface area contributed by atoms with Crippen molar-refractivity contribution in [3.63, 3.8) is 0 Å². The van der Waals surface area contributed by atoms with Crippen LogP contribution < -0.4 is 5.32 Å². The Morgan fingerprint density at radius 1 is 1.52 bits per heavy atom. The van der Waals surface area contributed by atoms with Gasteiger partial charge in [0.1, 0.15) is 0 Å². The number of nitrogens with one attached hydrogen (secondary N) is 2. The van der Waals surface area contributed by atoms with E-state index < -0.39 is 0 Å². The summed E-state index contributed by atoms with van der Waals surface area (Å²) in [5.74, 6) is 0.598. The standard InChI is InChI=1S/C14H18N4O2S/c1-10-3-2-4-11(9-10)13-16-17-14(21)18(13)7-5-12(20)15-6-8-19/h2-4,9,19H,5-8H2,1H3,(H,15,20)(H,17,21). The molecule has 2 rings (SSSR count). The molecule has 0 saturated heterocycles. The van der Waals surface area contributed by atoms with Crippen molar-refractivity contribution in [2.75, 3.05) is 13.2 Å². The Kier molecular flexibility index (Phi) is 5.24. The Balaban J connectivity index is 2.15. The highest BCUT2D eigenvalue weighted by Gasteiger charge is 2.10. The van der Waals surface area contributed by atoms with Crippen molar-refractivity contribution < 1.29 is 9.90 Å². The number of aryl methyl sites for hydroxylation is 1. The summed E-state index contributed by atoms with van der Waals surface area (Å²) >= 11 is 5.22. The lowest BCUT2D eigenvalue weighted by molar-refractivity contribution is -0.121. The lowest BCUT2D eigenvalue weighted by Gasteiger charge is -2.08. The van der Waals surface area contributed by atoms with Gasteiger partial charge in [0.2, 0.25) is 5.91 Å². The highest BCUT2D eigenvalue weighted by molar-refractivity contribution is 7.71. The maximum atomic E-state index is 11.6. The minimum Gasteiger partial charge on any atom is -0.395 e. The normalized spacial score (nSPS) is 10.6. The molecule has 0 aliphatic rings. The van der Waals surface area contributed by atoms with E-state index in [9.17, 15) is 4.79 Å². The second-order valence-corrected chi connectivity index (χ2v) is 5.08. The number of aliphatic hydroxyl groups is 1. The zero-order chi connectivity index (χ0) is 15.2. The van der Waals surface area contributed by atoms with Crippen LogP contribution in [0.3, 0.4) is 0 Å². The quantitative estimate of drug-likeness (QED) is 0.705. The zero-order valence-electron chi connectivity index (χ0n) is 11.8. The predicted molar refractivity (Wildman–Crippen MR) is 82.3 cm³/mol. The number of carbonyl (C=O) groups excluding carboxylic acids is 1. The number of hydrogen-bond donors (Lipinski definition) is 3. The van der Waals surface area contributed by atoms with Crippen LogP contribution in [0.1, 0.15) is 12.0 Å². The van der Waals surface area contributed by atoms with Gasteiger partial charge >= 0.3 is 0 Å². The first-order valence-corrected chi connectivity index (χ1v) is 7.12. The minimum atomic E-state index is -0.123. The molecule has 0 saturated carbocycles. The van der Waals surface area contributed by atoms with Gasteiger partial charge in [-0.15, -0.1) is 0 Å². The Labute approximate surface area is 127 Å². The number of aromatic nitrogens is 3. The summed E-state index contributed by atoms with van der Waals surface area (Å²) in [7, 11) is 0. The van der Waals surface area contributed by atoms with E-state index in [1.54, 1.807) is 0 Å². The Bertz CT molecular complexity index is 678. The summed E-state index contributed by atoms with van der Waals surface area (Å²) in [5.41, 5.74) is 2.09. The summed E-state index contributed by atoms with van der Waals surface area (Å²) < 4.78 is 2.30. The van der Waals surface area contributed by atoms with Crippen molar-refractivity contribution in [3.05, 3.63) is 34.6 Å². The topological polar surface area (TPSA) is 82.9 Å². The first-order valence-electron chi connectivity index (χ1n) is 6.71. The second kappa shape index (κ2) is 7.14. The van der Waals surface area contributed by atoms with Crippen LogP contribution in [0, 0.1) is 11.7 Å². The number of amides is 1. The number of aromatic amines is 1. The molecule has 0 spiro atoms. The van der Waals surface area contributed by atoms with Crippen molar-refractivity contribution in [1.29, 1.82) is 0 Å².